The molecule has 4 rings (SSSR count). The first-order chi connectivity index (χ1) is 13.9. The SMILES string of the molecule is Cc1nc2ccccc2c(C)c1CC(=O)Nc1nc(-c2c(F)cccc2F)co1. The first kappa shape index (κ1) is 18.7. The van der Waals surface area contributed by atoms with Crippen molar-refractivity contribution in [2.75, 3.05) is 5.32 Å². The van der Waals surface area contributed by atoms with Gasteiger partial charge in [0, 0.05) is 11.1 Å². The second-order valence-corrected chi connectivity index (χ2v) is 6.68. The number of hydrogen-bond acceptors (Lipinski definition) is 4. The molecule has 0 bridgehead atoms. The number of amides is 1. The van der Waals surface area contributed by atoms with Crippen LogP contribution in [0.5, 0.6) is 0 Å². The van der Waals surface area contributed by atoms with Crippen LogP contribution in [0, 0.1) is 25.5 Å². The molecule has 0 saturated carbocycles. The van der Waals surface area contributed by atoms with E-state index < -0.39 is 11.6 Å². The fraction of sp³-hybridized carbons (Fsp3) is 0.136. The largest absolute Gasteiger partial charge is 0.431 e. The Morgan fingerprint density at radius 3 is 2.52 bits per heavy atom. The molecule has 7 heteroatoms. The van der Waals surface area contributed by atoms with Gasteiger partial charge in [-0.2, -0.15) is 4.98 Å². The second kappa shape index (κ2) is 7.43. The highest BCUT2D eigenvalue weighted by molar-refractivity contribution is 5.92. The molecule has 0 unspecified atom stereocenters. The van der Waals surface area contributed by atoms with Gasteiger partial charge in [-0.05, 0) is 43.2 Å². The lowest BCUT2D eigenvalue weighted by Crippen LogP contribution is -2.16. The van der Waals surface area contributed by atoms with Crippen LogP contribution >= 0.6 is 0 Å². The number of para-hydroxylation sites is 1. The van der Waals surface area contributed by atoms with Gasteiger partial charge in [-0.1, -0.05) is 24.3 Å². The molecule has 146 valence electrons. The molecule has 0 saturated heterocycles. The molecular formula is C22H17F2N3O2. The zero-order valence-electron chi connectivity index (χ0n) is 15.8. The van der Waals surface area contributed by atoms with Crippen molar-refractivity contribution in [3.05, 3.63) is 77.2 Å². The van der Waals surface area contributed by atoms with Gasteiger partial charge in [-0.15, -0.1) is 0 Å². The van der Waals surface area contributed by atoms with Crippen molar-refractivity contribution in [2.24, 2.45) is 0 Å². The van der Waals surface area contributed by atoms with Gasteiger partial charge in [0.2, 0.25) is 5.91 Å². The molecule has 5 nitrogen and oxygen atoms in total. The van der Waals surface area contributed by atoms with Gasteiger partial charge in [0.1, 0.15) is 23.6 Å². The topological polar surface area (TPSA) is 68.0 Å². The minimum Gasteiger partial charge on any atom is -0.431 e. The van der Waals surface area contributed by atoms with Gasteiger partial charge >= 0.3 is 6.01 Å². The number of benzene rings is 2. The van der Waals surface area contributed by atoms with E-state index in [1.807, 2.05) is 38.1 Å². The molecule has 29 heavy (non-hydrogen) atoms. The van der Waals surface area contributed by atoms with Crippen LogP contribution in [0.25, 0.3) is 22.2 Å². The summed E-state index contributed by atoms with van der Waals surface area (Å²) in [5.41, 5.74) is 3.09. The van der Waals surface area contributed by atoms with Crippen LogP contribution in [0.3, 0.4) is 0 Å². The van der Waals surface area contributed by atoms with Crippen molar-refractivity contribution in [3.63, 3.8) is 0 Å². The Kier molecular flexibility index (Phi) is 4.80. The normalized spacial score (nSPS) is 11.0. The summed E-state index contributed by atoms with van der Waals surface area (Å²) in [6, 6.07) is 11.1. The minimum atomic E-state index is -0.760. The van der Waals surface area contributed by atoms with Gasteiger partial charge in [-0.25, -0.2) is 8.78 Å². The van der Waals surface area contributed by atoms with Crippen molar-refractivity contribution < 1.29 is 18.0 Å². The lowest BCUT2D eigenvalue weighted by Gasteiger charge is -2.11. The van der Waals surface area contributed by atoms with Crippen LogP contribution in [0.2, 0.25) is 0 Å². The zero-order valence-corrected chi connectivity index (χ0v) is 15.8. The number of carbonyl (C=O) groups excluding carboxylic acids is 1. The highest BCUT2D eigenvalue weighted by Crippen LogP contribution is 2.27. The Morgan fingerprint density at radius 1 is 1.03 bits per heavy atom. The first-order valence-electron chi connectivity index (χ1n) is 8.98. The predicted octanol–water partition coefficient (Wildman–Crippen LogP) is 4.97. The maximum absolute atomic E-state index is 13.9. The fourth-order valence-corrected chi connectivity index (χ4v) is 3.34. The Balaban J connectivity index is 1.56. The van der Waals surface area contributed by atoms with Gasteiger partial charge in [0.05, 0.1) is 17.5 Å². The maximum Gasteiger partial charge on any atom is 0.301 e. The van der Waals surface area contributed by atoms with Crippen molar-refractivity contribution in [1.82, 2.24) is 9.97 Å². The number of fused-ring (bicyclic) bond motifs is 1. The number of rotatable bonds is 4. The van der Waals surface area contributed by atoms with E-state index in [4.69, 9.17) is 4.42 Å². The summed E-state index contributed by atoms with van der Waals surface area (Å²) in [6.07, 6.45) is 1.17. The molecule has 1 N–H and O–H groups in total. The molecule has 2 aromatic heterocycles. The molecule has 0 spiro atoms. The van der Waals surface area contributed by atoms with Gasteiger partial charge in [-0.3, -0.25) is 15.1 Å². The molecular weight excluding hydrogens is 376 g/mol. The lowest BCUT2D eigenvalue weighted by molar-refractivity contribution is -0.115. The molecule has 2 aromatic carbocycles. The van der Waals surface area contributed by atoms with E-state index in [2.05, 4.69) is 15.3 Å². The van der Waals surface area contributed by atoms with Crippen molar-refractivity contribution in [3.8, 4) is 11.3 Å². The number of pyridine rings is 1. The molecule has 0 aliphatic rings. The van der Waals surface area contributed by atoms with Gasteiger partial charge < -0.3 is 4.42 Å². The quantitative estimate of drug-likeness (QED) is 0.532. The Hall–Kier alpha value is -3.61. The molecule has 2 heterocycles. The molecule has 0 radical (unpaired) electrons. The van der Waals surface area contributed by atoms with E-state index >= 15 is 0 Å². The molecule has 0 aliphatic heterocycles. The number of nitrogens with one attached hydrogen (secondary N) is 1. The lowest BCUT2D eigenvalue weighted by atomic mass is 9.99. The number of halogens is 2. The predicted molar refractivity (Wildman–Crippen MR) is 105 cm³/mol. The van der Waals surface area contributed by atoms with Crippen molar-refractivity contribution in [1.29, 1.82) is 0 Å². The molecule has 0 fully saturated rings. The summed E-state index contributed by atoms with van der Waals surface area (Å²) in [5.74, 6) is -1.88. The molecule has 0 aliphatic carbocycles. The Labute approximate surface area is 165 Å². The highest BCUT2D eigenvalue weighted by atomic mass is 19.1. The van der Waals surface area contributed by atoms with E-state index in [0.29, 0.717) is 0 Å². The number of oxazole rings is 1. The number of anilines is 1. The van der Waals surface area contributed by atoms with E-state index in [9.17, 15) is 13.6 Å². The van der Waals surface area contributed by atoms with E-state index in [1.165, 1.54) is 6.07 Å². The Morgan fingerprint density at radius 2 is 1.76 bits per heavy atom. The van der Waals surface area contributed by atoms with Crippen molar-refractivity contribution in [2.45, 2.75) is 20.3 Å². The number of aromatic nitrogens is 2. The second-order valence-electron chi connectivity index (χ2n) is 6.68. The first-order valence-corrected chi connectivity index (χ1v) is 8.98. The smallest absolute Gasteiger partial charge is 0.301 e. The van der Waals surface area contributed by atoms with Crippen LogP contribution in [0.1, 0.15) is 16.8 Å². The fourth-order valence-electron chi connectivity index (χ4n) is 3.34. The minimum absolute atomic E-state index is 0.0318. The molecule has 4 aromatic rings. The number of hydrogen-bond donors (Lipinski definition) is 1. The van der Waals surface area contributed by atoms with Crippen LogP contribution in [0.4, 0.5) is 14.8 Å². The van der Waals surface area contributed by atoms with Crippen LogP contribution in [-0.2, 0) is 11.2 Å². The zero-order chi connectivity index (χ0) is 20.5. The van der Waals surface area contributed by atoms with Crippen LogP contribution < -0.4 is 5.32 Å². The van der Waals surface area contributed by atoms with E-state index in [1.54, 1.807) is 0 Å². The summed E-state index contributed by atoms with van der Waals surface area (Å²) >= 11 is 0. The van der Waals surface area contributed by atoms with E-state index in [0.717, 1.165) is 46.1 Å². The summed E-state index contributed by atoms with van der Waals surface area (Å²) < 4.78 is 33.0. The summed E-state index contributed by atoms with van der Waals surface area (Å²) in [6.45, 7) is 3.80. The number of carbonyl (C=O) groups is 1. The Bertz CT molecular complexity index is 1210. The average Bonchev–Trinajstić information content (AvgIpc) is 3.13. The summed E-state index contributed by atoms with van der Waals surface area (Å²) in [5, 5.41) is 3.51. The van der Waals surface area contributed by atoms with E-state index in [-0.39, 0.29) is 29.6 Å². The highest BCUT2D eigenvalue weighted by Gasteiger charge is 2.18. The standard InChI is InChI=1S/C22H17F2N3O2/c1-12-14-6-3-4-9-18(14)25-13(2)15(12)10-20(28)27-22-26-19(11-29-22)21-16(23)7-5-8-17(21)24/h3-9,11H,10H2,1-2H3,(H,26,27,28). The maximum atomic E-state index is 13.9. The summed E-state index contributed by atoms with van der Waals surface area (Å²) in [4.78, 5) is 21.1. The van der Waals surface area contributed by atoms with Crippen molar-refractivity contribution >= 4 is 22.8 Å². The third-order valence-corrected chi connectivity index (χ3v) is 4.79. The van der Waals surface area contributed by atoms with Gasteiger partial charge in [0.15, 0.2) is 0 Å². The van der Waals surface area contributed by atoms with Gasteiger partial charge in [0.25, 0.3) is 0 Å². The van der Waals surface area contributed by atoms with Crippen LogP contribution in [0.15, 0.2) is 53.1 Å². The third kappa shape index (κ3) is 3.59. The number of nitrogens with zero attached hydrogens (tertiary/aromatic N) is 2. The third-order valence-electron chi connectivity index (χ3n) is 4.79. The monoisotopic (exact) mass is 393 g/mol. The number of aryl methyl sites for hydroxylation is 2. The molecule has 0 atom stereocenters. The van der Waals surface area contributed by atoms with Crippen LogP contribution in [-0.4, -0.2) is 15.9 Å². The average molecular weight is 393 g/mol. The summed E-state index contributed by atoms with van der Waals surface area (Å²) in [7, 11) is 0. The molecule has 1 amide bonds.